The molecule has 0 aliphatic heterocycles. The highest BCUT2D eigenvalue weighted by molar-refractivity contribution is 5.68. The molecule has 2 aromatic carbocycles. The number of aryl methyl sites for hydroxylation is 1. The van der Waals surface area contributed by atoms with E-state index >= 15 is 0 Å². The summed E-state index contributed by atoms with van der Waals surface area (Å²) in [5.74, 6) is 1.65. The fourth-order valence-corrected chi connectivity index (χ4v) is 3.45. The summed E-state index contributed by atoms with van der Waals surface area (Å²) in [7, 11) is 0. The quantitative estimate of drug-likeness (QED) is 0.266. The number of aromatic hydroxyl groups is 1. The molecule has 3 N–H and O–H groups in total. The summed E-state index contributed by atoms with van der Waals surface area (Å²) >= 11 is 0. The maximum absolute atomic E-state index is 10.3. The van der Waals surface area contributed by atoms with Crippen LogP contribution in [0, 0.1) is 6.92 Å². The molecule has 0 unspecified atom stereocenters. The maximum atomic E-state index is 10.3. The summed E-state index contributed by atoms with van der Waals surface area (Å²) in [6, 6.07) is 14.1. The molecule has 0 spiro atoms. The Morgan fingerprint density at radius 3 is 1.82 bits per heavy atom. The van der Waals surface area contributed by atoms with Crippen LogP contribution in [0.3, 0.4) is 0 Å². The molecule has 5 nitrogen and oxygen atoms in total. The van der Waals surface area contributed by atoms with Crippen LogP contribution in [0.2, 0.25) is 0 Å². The Balaban J connectivity index is 0.000000412. The van der Waals surface area contributed by atoms with E-state index in [4.69, 9.17) is 10.5 Å². The first-order chi connectivity index (χ1) is 16.0. The minimum absolute atomic E-state index is 0.290. The molecule has 0 heterocycles. The second kappa shape index (κ2) is 18.8. The molecule has 1 amide bonds. The van der Waals surface area contributed by atoms with E-state index in [-0.39, 0.29) is 5.75 Å². The molecular formula is C28H43NO4. The normalized spacial score (nSPS) is 10.2. The van der Waals surface area contributed by atoms with Gasteiger partial charge in [0.2, 0.25) is 0 Å². The number of carbonyl (C=O) groups excluding carboxylic acids is 1. The molecule has 0 radical (unpaired) electrons. The molecule has 2 aromatic rings. The molecule has 0 aromatic heterocycles. The van der Waals surface area contributed by atoms with Crippen LogP contribution in [-0.2, 0) is 0 Å². The predicted molar refractivity (Wildman–Crippen MR) is 136 cm³/mol. The van der Waals surface area contributed by atoms with Crippen LogP contribution in [0.4, 0.5) is 4.79 Å². The van der Waals surface area contributed by atoms with E-state index in [0.29, 0.717) is 5.75 Å². The second-order valence-electron chi connectivity index (χ2n) is 8.42. The first kappa shape index (κ1) is 28.3. The van der Waals surface area contributed by atoms with Gasteiger partial charge in [-0.25, -0.2) is 4.79 Å². The molecule has 0 atom stereocenters. The van der Waals surface area contributed by atoms with Crippen molar-refractivity contribution in [2.75, 3.05) is 6.61 Å². The Kier molecular flexibility index (Phi) is 16.2. The van der Waals surface area contributed by atoms with Crippen LogP contribution in [0.5, 0.6) is 17.2 Å². The highest BCUT2D eigenvalue weighted by Crippen LogP contribution is 2.17. The Bertz CT molecular complexity index is 746. The number of para-hydroxylation sites is 1. The fourth-order valence-electron chi connectivity index (χ4n) is 3.45. The van der Waals surface area contributed by atoms with Gasteiger partial charge in [0.05, 0.1) is 6.61 Å². The van der Waals surface area contributed by atoms with Gasteiger partial charge in [0.25, 0.3) is 0 Å². The van der Waals surface area contributed by atoms with Crippen molar-refractivity contribution in [1.82, 2.24) is 0 Å². The van der Waals surface area contributed by atoms with Crippen molar-refractivity contribution < 1.29 is 19.4 Å². The summed E-state index contributed by atoms with van der Waals surface area (Å²) in [6.07, 6.45) is 15.6. The lowest BCUT2D eigenvalue weighted by atomic mass is 10.1. The van der Waals surface area contributed by atoms with Gasteiger partial charge in [0, 0.05) is 0 Å². The topological polar surface area (TPSA) is 81.8 Å². The zero-order valence-corrected chi connectivity index (χ0v) is 20.6. The van der Waals surface area contributed by atoms with Gasteiger partial charge in [-0.2, -0.15) is 0 Å². The Labute approximate surface area is 200 Å². The van der Waals surface area contributed by atoms with Gasteiger partial charge in [-0.05, 0) is 49.2 Å². The summed E-state index contributed by atoms with van der Waals surface area (Å²) in [5.41, 5.74) is 5.73. The molecule has 5 heteroatoms. The number of phenolic OH excluding ortho intramolecular Hbond substituents is 1. The summed E-state index contributed by atoms with van der Waals surface area (Å²) in [4.78, 5) is 10.3. The summed E-state index contributed by atoms with van der Waals surface area (Å²) in [6.45, 7) is 4.90. The molecule has 0 aliphatic carbocycles. The average molecular weight is 458 g/mol. The van der Waals surface area contributed by atoms with Gasteiger partial charge in [-0.3, -0.25) is 0 Å². The third kappa shape index (κ3) is 15.7. The predicted octanol–water partition coefficient (Wildman–Crippen LogP) is 7.92. The molecular weight excluding hydrogens is 414 g/mol. The molecule has 33 heavy (non-hydrogen) atoms. The van der Waals surface area contributed by atoms with Crippen molar-refractivity contribution in [3.63, 3.8) is 0 Å². The van der Waals surface area contributed by atoms with Crippen LogP contribution in [0.1, 0.15) is 89.5 Å². The molecule has 0 bridgehead atoms. The standard InChI is InChI=1S/C20H34O2.C8H9NO2/c1-2-3-4-5-6-7-8-9-10-11-12-13-18-22-20-16-14-19(21)15-17-20;1-6-4-2-3-5-7(6)11-8(9)10/h14-17,21H,2-13,18H2,1H3;2-5H,1H3,(H2,9,10). The highest BCUT2D eigenvalue weighted by atomic mass is 16.5. The Morgan fingerprint density at radius 2 is 1.30 bits per heavy atom. The van der Waals surface area contributed by atoms with Crippen molar-refractivity contribution in [1.29, 1.82) is 0 Å². The molecule has 0 fully saturated rings. The van der Waals surface area contributed by atoms with Crippen LogP contribution < -0.4 is 15.2 Å². The number of unbranched alkanes of at least 4 members (excludes halogenated alkanes) is 11. The number of ether oxygens (including phenoxy) is 2. The van der Waals surface area contributed by atoms with E-state index < -0.39 is 6.09 Å². The van der Waals surface area contributed by atoms with Gasteiger partial charge in [0.15, 0.2) is 0 Å². The van der Waals surface area contributed by atoms with Gasteiger partial charge >= 0.3 is 6.09 Å². The number of hydrogen-bond donors (Lipinski definition) is 2. The third-order valence-corrected chi connectivity index (χ3v) is 5.41. The van der Waals surface area contributed by atoms with Crippen molar-refractivity contribution in [3.8, 4) is 17.2 Å². The molecule has 0 saturated heterocycles. The first-order valence-electron chi connectivity index (χ1n) is 12.5. The van der Waals surface area contributed by atoms with Crippen molar-refractivity contribution in [2.45, 2.75) is 90.9 Å². The monoisotopic (exact) mass is 457 g/mol. The van der Waals surface area contributed by atoms with Gasteiger partial charge in [0.1, 0.15) is 17.2 Å². The van der Waals surface area contributed by atoms with Crippen molar-refractivity contribution in [3.05, 3.63) is 54.1 Å². The van der Waals surface area contributed by atoms with E-state index in [0.717, 1.165) is 24.3 Å². The third-order valence-electron chi connectivity index (χ3n) is 5.41. The van der Waals surface area contributed by atoms with Crippen molar-refractivity contribution in [2.24, 2.45) is 5.73 Å². The highest BCUT2D eigenvalue weighted by Gasteiger charge is 2.00. The number of rotatable bonds is 15. The Morgan fingerprint density at radius 1 is 0.788 bits per heavy atom. The molecule has 0 aliphatic rings. The lowest BCUT2D eigenvalue weighted by Gasteiger charge is -2.06. The molecule has 0 saturated carbocycles. The maximum Gasteiger partial charge on any atom is 0.409 e. The smallest absolute Gasteiger partial charge is 0.409 e. The van der Waals surface area contributed by atoms with E-state index in [1.165, 1.54) is 70.6 Å². The zero-order valence-electron chi connectivity index (χ0n) is 20.6. The lowest BCUT2D eigenvalue weighted by molar-refractivity contribution is 0.210. The minimum Gasteiger partial charge on any atom is -0.508 e. The van der Waals surface area contributed by atoms with Gasteiger partial charge in [-0.1, -0.05) is 95.8 Å². The number of carbonyl (C=O) groups is 1. The number of benzene rings is 2. The number of phenols is 1. The van der Waals surface area contributed by atoms with E-state index in [9.17, 15) is 9.90 Å². The van der Waals surface area contributed by atoms with Crippen LogP contribution >= 0.6 is 0 Å². The fraction of sp³-hybridized carbons (Fsp3) is 0.536. The first-order valence-corrected chi connectivity index (χ1v) is 12.5. The number of amides is 1. The minimum atomic E-state index is -0.778. The number of nitrogens with two attached hydrogens (primary N) is 1. The number of hydrogen-bond acceptors (Lipinski definition) is 4. The van der Waals surface area contributed by atoms with Gasteiger partial charge < -0.3 is 20.3 Å². The largest absolute Gasteiger partial charge is 0.508 e. The number of primary amides is 1. The van der Waals surface area contributed by atoms with E-state index in [1.54, 1.807) is 24.3 Å². The van der Waals surface area contributed by atoms with E-state index in [1.807, 2.05) is 31.2 Å². The molecule has 2 rings (SSSR count). The second-order valence-corrected chi connectivity index (χ2v) is 8.42. The lowest BCUT2D eigenvalue weighted by Crippen LogP contribution is -2.16. The van der Waals surface area contributed by atoms with Crippen LogP contribution in [0.25, 0.3) is 0 Å². The van der Waals surface area contributed by atoms with Crippen LogP contribution in [0.15, 0.2) is 48.5 Å². The summed E-state index contributed by atoms with van der Waals surface area (Å²) < 4.78 is 10.3. The van der Waals surface area contributed by atoms with E-state index in [2.05, 4.69) is 11.7 Å². The Hall–Kier alpha value is -2.69. The summed E-state index contributed by atoms with van der Waals surface area (Å²) in [5, 5.41) is 9.19. The van der Waals surface area contributed by atoms with Crippen molar-refractivity contribution >= 4 is 6.09 Å². The average Bonchev–Trinajstić information content (AvgIpc) is 2.80. The van der Waals surface area contributed by atoms with Crippen LogP contribution in [-0.4, -0.2) is 17.8 Å². The van der Waals surface area contributed by atoms with Gasteiger partial charge in [-0.15, -0.1) is 0 Å². The zero-order chi connectivity index (χ0) is 24.2. The molecule has 184 valence electrons. The SMILES string of the molecule is CCCCCCCCCCCCCCOc1ccc(O)cc1.Cc1ccccc1OC(N)=O.